The predicted molar refractivity (Wildman–Crippen MR) is 91.8 cm³/mol. The number of furan rings is 1. The molecule has 7 nitrogen and oxygen atoms in total. The standard InChI is InChI=1S/C18H16O7/c1-4-10(19)16-14(5-8(2)23-3)25-18(22)15-9-6-11(20)12(21)7-13(9)24-17(15)16/h5-7,19-21H,2,4H2,1,3H3/b14-5+,16-10-. The number of ether oxygens (including phenoxy) is 1. The van der Waals surface area contributed by atoms with E-state index in [2.05, 4.69) is 6.58 Å². The molecule has 0 unspecified atom stereocenters. The van der Waals surface area contributed by atoms with Crippen molar-refractivity contribution in [1.29, 1.82) is 0 Å². The molecule has 3 aromatic rings. The maximum absolute atomic E-state index is 12.5. The molecular weight excluding hydrogens is 328 g/mol. The van der Waals surface area contributed by atoms with Gasteiger partial charge in [0, 0.05) is 23.9 Å². The van der Waals surface area contributed by atoms with Crippen LogP contribution in [0, 0.1) is 0 Å². The van der Waals surface area contributed by atoms with Gasteiger partial charge in [0.1, 0.15) is 27.9 Å². The molecule has 2 heterocycles. The smallest absolute Gasteiger partial charge is 0.348 e. The maximum Gasteiger partial charge on any atom is 0.348 e. The highest BCUT2D eigenvalue weighted by Gasteiger charge is 2.18. The molecule has 0 radical (unpaired) electrons. The van der Waals surface area contributed by atoms with Crippen LogP contribution in [-0.4, -0.2) is 22.4 Å². The quantitative estimate of drug-likeness (QED) is 0.492. The fourth-order valence-electron chi connectivity index (χ4n) is 2.57. The number of hydrogen-bond acceptors (Lipinski definition) is 7. The predicted octanol–water partition coefficient (Wildman–Crippen LogP) is 1.97. The summed E-state index contributed by atoms with van der Waals surface area (Å²) in [5.74, 6) is -0.626. The molecule has 25 heavy (non-hydrogen) atoms. The zero-order valence-corrected chi connectivity index (χ0v) is 13.6. The number of aromatic hydroxyl groups is 2. The summed E-state index contributed by atoms with van der Waals surface area (Å²) in [7, 11) is 1.41. The van der Waals surface area contributed by atoms with Gasteiger partial charge in [-0.15, -0.1) is 0 Å². The molecule has 0 saturated carbocycles. The summed E-state index contributed by atoms with van der Waals surface area (Å²) >= 11 is 0. The van der Waals surface area contributed by atoms with Crippen LogP contribution < -0.4 is 16.3 Å². The van der Waals surface area contributed by atoms with E-state index in [9.17, 15) is 20.1 Å². The highest BCUT2D eigenvalue weighted by Crippen LogP contribution is 2.34. The van der Waals surface area contributed by atoms with Crippen molar-refractivity contribution in [2.24, 2.45) is 0 Å². The van der Waals surface area contributed by atoms with Gasteiger partial charge in [-0.05, 0) is 6.07 Å². The molecule has 0 aliphatic heterocycles. The fourth-order valence-corrected chi connectivity index (χ4v) is 2.57. The molecule has 0 bridgehead atoms. The second kappa shape index (κ2) is 5.94. The minimum Gasteiger partial charge on any atom is -0.511 e. The highest BCUT2D eigenvalue weighted by molar-refractivity contribution is 6.05. The van der Waals surface area contributed by atoms with Crippen LogP contribution in [0.3, 0.4) is 0 Å². The lowest BCUT2D eigenvalue weighted by molar-refractivity contribution is 0.314. The molecule has 0 atom stereocenters. The summed E-state index contributed by atoms with van der Waals surface area (Å²) in [4.78, 5) is 12.5. The number of hydrogen-bond donors (Lipinski definition) is 3. The number of methoxy groups -OCH3 is 1. The summed E-state index contributed by atoms with van der Waals surface area (Å²) in [6.07, 6.45) is 1.63. The van der Waals surface area contributed by atoms with Crippen LogP contribution in [0.4, 0.5) is 0 Å². The van der Waals surface area contributed by atoms with Crippen LogP contribution in [0.25, 0.3) is 33.8 Å². The van der Waals surface area contributed by atoms with Gasteiger partial charge in [0.05, 0.1) is 12.3 Å². The minimum atomic E-state index is -0.721. The van der Waals surface area contributed by atoms with Crippen molar-refractivity contribution < 1.29 is 28.9 Å². The van der Waals surface area contributed by atoms with Crippen molar-refractivity contribution in [3.63, 3.8) is 0 Å². The lowest BCUT2D eigenvalue weighted by Gasteiger charge is -1.99. The molecule has 130 valence electrons. The molecule has 2 aromatic heterocycles. The molecule has 3 N–H and O–H groups in total. The number of allylic oxidation sites excluding steroid dienone is 1. The first-order valence-electron chi connectivity index (χ1n) is 7.45. The van der Waals surface area contributed by atoms with Gasteiger partial charge < -0.3 is 28.9 Å². The average Bonchev–Trinajstić information content (AvgIpc) is 2.93. The van der Waals surface area contributed by atoms with E-state index in [1.54, 1.807) is 6.92 Å². The van der Waals surface area contributed by atoms with E-state index in [0.29, 0.717) is 0 Å². The Labute approximate surface area is 141 Å². The first-order chi connectivity index (χ1) is 11.9. The van der Waals surface area contributed by atoms with Crippen molar-refractivity contribution in [1.82, 2.24) is 0 Å². The zero-order valence-electron chi connectivity index (χ0n) is 13.6. The molecule has 3 rings (SSSR count). The Bertz CT molecular complexity index is 1180. The normalized spacial score (nSPS) is 13.4. The molecule has 0 amide bonds. The SMILES string of the molecule is C=C(/C=c1/oc(=O)c2c(oc3cc(O)c(O)cc32)/c1=C(\O)CC)OC. The van der Waals surface area contributed by atoms with Gasteiger partial charge in [0.2, 0.25) is 0 Å². The van der Waals surface area contributed by atoms with Gasteiger partial charge in [-0.2, -0.15) is 0 Å². The Morgan fingerprint density at radius 3 is 2.60 bits per heavy atom. The van der Waals surface area contributed by atoms with Crippen LogP contribution in [0.1, 0.15) is 13.3 Å². The van der Waals surface area contributed by atoms with Crippen molar-refractivity contribution in [3.8, 4) is 11.5 Å². The van der Waals surface area contributed by atoms with Crippen molar-refractivity contribution in [3.05, 3.63) is 45.5 Å². The van der Waals surface area contributed by atoms with Crippen LogP contribution >= 0.6 is 0 Å². The second-order valence-corrected chi connectivity index (χ2v) is 5.39. The molecule has 0 spiro atoms. The number of aliphatic hydroxyl groups is 1. The molecule has 1 aromatic carbocycles. The monoisotopic (exact) mass is 344 g/mol. The van der Waals surface area contributed by atoms with Crippen LogP contribution in [0.2, 0.25) is 0 Å². The highest BCUT2D eigenvalue weighted by atomic mass is 16.5. The topological polar surface area (TPSA) is 113 Å². The molecular formula is C18H16O7. The van der Waals surface area contributed by atoms with Gasteiger partial charge in [-0.1, -0.05) is 13.5 Å². The summed E-state index contributed by atoms with van der Waals surface area (Å²) in [5, 5.41) is 30.2. The summed E-state index contributed by atoms with van der Waals surface area (Å²) in [5.41, 5.74) is -0.422. The number of benzene rings is 1. The largest absolute Gasteiger partial charge is 0.511 e. The third-order valence-corrected chi connectivity index (χ3v) is 3.84. The van der Waals surface area contributed by atoms with E-state index < -0.39 is 11.4 Å². The maximum atomic E-state index is 12.5. The molecule has 0 saturated heterocycles. The molecule has 0 aliphatic rings. The van der Waals surface area contributed by atoms with E-state index in [4.69, 9.17) is 13.6 Å². The number of rotatable bonds is 3. The van der Waals surface area contributed by atoms with Gasteiger partial charge in [-0.3, -0.25) is 0 Å². The van der Waals surface area contributed by atoms with Crippen molar-refractivity contribution >= 4 is 33.8 Å². The third kappa shape index (κ3) is 2.59. The Morgan fingerprint density at radius 2 is 1.96 bits per heavy atom. The minimum absolute atomic E-state index is 0.0381. The van der Waals surface area contributed by atoms with Crippen LogP contribution in [0.5, 0.6) is 11.5 Å². The van der Waals surface area contributed by atoms with E-state index >= 15 is 0 Å². The van der Waals surface area contributed by atoms with Gasteiger partial charge in [0.25, 0.3) is 0 Å². The van der Waals surface area contributed by atoms with Crippen LogP contribution in [0.15, 0.2) is 38.1 Å². The zero-order chi connectivity index (χ0) is 18.3. The third-order valence-electron chi connectivity index (χ3n) is 3.84. The molecule has 7 heteroatoms. The van der Waals surface area contributed by atoms with Gasteiger partial charge in [-0.25, -0.2) is 4.79 Å². The second-order valence-electron chi connectivity index (χ2n) is 5.39. The van der Waals surface area contributed by atoms with E-state index in [1.165, 1.54) is 25.3 Å². The molecule has 0 aliphatic carbocycles. The van der Waals surface area contributed by atoms with E-state index in [0.717, 1.165) is 0 Å². The van der Waals surface area contributed by atoms with E-state index in [-0.39, 0.29) is 56.3 Å². The number of fused-ring (bicyclic) bond motifs is 3. The van der Waals surface area contributed by atoms with Crippen molar-refractivity contribution in [2.45, 2.75) is 13.3 Å². The first kappa shape index (κ1) is 16.5. The average molecular weight is 344 g/mol. The lowest BCUT2D eigenvalue weighted by atomic mass is 10.1. The number of phenolic OH excluding ortho intramolecular Hbond substituents is 2. The Kier molecular flexibility index (Phi) is 3.92. The summed E-state index contributed by atoms with van der Waals surface area (Å²) < 4.78 is 16.0. The first-order valence-corrected chi connectivity index (χ1v) is 7.45. The Hall–Kier alpha value is -3.35. The van der Waals surface area contributed by atoms with Gasteiger partial charge in [0.15, 0.2) is 17.1 Å². The van der Waals surface area contributed by atoms with Crippen LogP contribution in [-0.2, 0) is 4.74 Å². The molecule has 0 fully saturated rings. The van der Waals surface area contributed by atoms with Gasteiger partial charge >= 0.3 is 5.63 Å². The summed E-state index contributed by atoms with van der Waals surface area (Å²) in [6, 6.07) is 2.39. The Morgan fingerprint density at radius 1 is 1.28 bits per heavy atom. The Balaban J connectivity index is 2.64. The van der Waals surface area contributed by atoms with E-state index in [1.807, 2.05) is 0 Å². The van der Waals surface area contributed by atoms with Crippen molar-refractivity contribution in [2.75, 3.05) is 7.11 Å². The number of phenols is 2. The number of aliphatic hydroxyl groups excluding tert-OH is 1. The fraction of sp³-hybridized carbons (Fsp3) is 0.167. The summed E-state index contributed by atoms with van der Waals surface area (Å²) in [6.45, 7) is 5.37. The lowest BCUT2D eigenvalue weighted by Crippen LogP contribution is -2.32.